The Balaban J connectivity index is 1.76. The van der Waals surface area contributed by atoms with Gasteiger partial charge in [-0.15, -0.1) is 0 Å². The van der Waals surface area contributed by atoms with Crippen LogP contribution in [0, 0.1) is 0 Å². The third kappa shape index (κ3) is 4.16. The number of hydrogen-bond donors (Lipinski definition) is 1. The SMILES string of the molecule is CC(C)(C)NC(=O)CSc1ncc(-c2ccccc2)n1C1CC1. The first-order valence-corrected chi connectivity index (χ1v) is 8.99. The average Bonchev–Trinajstić information content (AvgIpc) is 3.24. The number of thioether (sulfide) groups is 1. The van der Waals surface area contributed by atoms with E-state index in [1.807, 2.05) is 45.2 Å². The van der Waals surface area contributed by atoms with Gasteiger partial charge in [-0.25, -0.2) is 4.98 Å². The summed E-state index contributed by atoms with van der Waals surface area (Å²) in [5, 5.41) is 3.94. The number of imidazole rings is 1. The fraction of sp³-hybridized carbons (Fsp3) is 0.444. The van der Waals surface area contributed by atoms with E-state index in [0.717, 1.165) is 10.9 Å². The summed E-state index contributed by atoms with van der Waals surface area (Å²) in [5.41, 5.74) is 2.13. The second-order valence-electron chi connectivity index (χ2n) is 6.98. The van der Waals surface area contributed by atoms with Crippen LogP contribution in [0.4, 0.5) is 0 Å². The molecule has 4 nitrogen and oxygen atoms in total. The van der Waals surface area contributed by atoms with Gasteiger partial charge in [-0.3, -0.25) is 4.79 Å². The highest BCUT2D eigenvalue weighted by Crippen LogP contribution is 2.41. The van der Waals surface area contributed by atoms with Crippen molar-refractivity contribution in [3.63, 3.8) is 0 Å². The first-order chi connectivity index (χ1) is 10.9. The highest BCUT2D eigenvalue weighted by molar-refractivity contribution is 7.99. The number of aromatic nitrogens is 2. The van der Waals surface area contributed by atoms with E-state index in [9.17, 15) is 4.79 Å². The van der Waals surface area contributed by atoms with E-state index in [4.69, 9.17) is 0 Å². The van der Waals surface area contributed by atoms with Crippen LogP contribution in [0.5, 0.6) is 0 Å². The Morgan fingerprint density at radius 1 is 1.30 bits per heavy atom. The lowest BCUT2D eigenvalue weighted by Crippen LogP contribution is -2.41. The molecule has 3 rings (SSSR count). The molecule has 1 aromatic heterocycles. The highest BCUT2D eigenvalue weighted by Gasteiger charge is 2.29. The van der Waals surface area contributed by atoms with Gasteiger partial charge < -0.3 is 9.88 Å². The summed E-state index contributed by atoms with van der Waals surface area (Å²) < 4.78 is 2.30. The van der Waals surface area contributed by atoms with Gasteiger partial charge in [0.25, 0.3) is 0 Å². The number of rotatable bonds is 5. The minimum atomic E-state index is -0.196. The van der Waals surface area contributed by atoms with Gasteiger partial charge in [0.1, 0.15) is 0 Å². The number of nitrogens with zero attached hydrogens (tertiary/aromatic N) is 2. The van der Waals surface area contributed by atoms with Crippen LogP contribution >= 0.6 is 11.8 Å². The topological polar surface area (TPSA) is 46.9 Å². The van der Waals surface area contributed by atoms with Crippen molar-refractivity contribution in [1.82, 2.24) is 14.9 Å². The summed E-state index contributed by atoms with van der Waals surface area (Å²) in [4.78, 5) is 16.6. The monoisotopic (exact) mass is 329 g/mol. The molecule has 0 aliphatic heterocycles. The summed E-state index contributed by atoms with van der Waals surface area (Å²) in [6.45, 7) is 5.98. The molecule has 23 heavy (non-hydrogen) atoms. The zero-order chi connectivity index (χ0) is 16.4. The zero-order valence-corrected chi connectivity index (χ0v) is 14.7. The third-order valence-corrected chi connectivity index (χ3v) is 4.56. The minimum Gasteiger partial charge on any atom is -0.351 e. The Hall–Kier alpha value is -1.75. The molecule has 1 fully saturated rings. The Bertz CT molecular complexity index is 684. The fourth-order valence-corrected chi connectivity index (χ4v) is 3.39. The number of benzene rings is 1. The molecule has 1 N–H and O–H groups in total. The van der Waals surface area contributed by atoms with Crippen LogP contribution in [0.15, 0.2) is 41.7 Å². The standard InChI is InChI=1S/C18H23N3OS/c1-18(2,3)20-16(22)12-23-17-19-11-15(21(17)14-9-10-14)13-7-5-4-6-8-13/h4-8,11,14H,9-10,12H2,1-3H3,(H,20,22). The predicted molar refractivity (Wildman–Crippen MR) is 94.6 cm³/mol. The molecule has 1 heterocycles. The Morgan fingerprint density at radius 3 is 2.61 bits per heavy atom. The van der Waals surface area contributed by atoms with Gasteiger partial charge in [0.05, 0.1) is 17.6 Å². The molecule has 0 spiro atoms. The second-order valence-corrected chi connectivity index (χ2v) is 7.92. The highest BCUT2D eigenvalue weighted by atomic mass is 32.2. The molecule has 0 radical (unpaired) electrons. The molecule has 1 saturated carbocycles. The summed E-state index contributed by atoms with van der Waals surface area (Å²) in [6, 6.07) is 10.9. The predicted octanol–water partition coefficient (Wildman–Crippen LogP) is 3.89. The van der Waals surface area contributed by atoms with Crippen molar-refractivity contribution < 1.29 is 4.79 Å². The molecular weight excluding hydrogens is 306 g/mol. The Kier molecular flexibility index (Phi) is 4.48. The molecule has 1 aliphatic carbocycles. The first kappa shape index (κ1) is 16.1. The van der Waals surface area contributed by atoms with Gasteiger partial charge in [-0.2, -0.15) is 0 Å². The molecule has 2 aromatic rings. The lowest BCUT2D eigenvalue weighted by atomic mass is 10.1. The summed E-state index contributed by atoms with van der Waals surface area (Å²) in [7, 11) is 0. The molecule has 0 bridgehead atoms. The molecule has 5 heteroatoms. The maximum Gasteiger partial charge on any atom is 0.230 e. The lowest BCUT2D eigenvalue weighted by molar-refractivity contribution is -0.119. The maximum absolute atomic E-state index is 12.0. The van der Waals surface area contributed by atoms with Crippen molar-refractivity contribution in [2.45, 2.75) is 50.4 Å². The van der Waals surface area contributed by atoms with E-state index in [1.165, 1.54) is 30.2 Å². The van der Waals surface area contributed by atoms with Crippen molar-refractivity contribution >= 4 is 17.7 Å². The first-order valence-electron chi connectivity index (χ1n) is 8.00. The average molecular weight is 329 g/mol. The van der Waals surface area contributed by atoms with Crippen LogP contribution in [0.3, 0.4) is 0 Å². The van der Waals surface area contributed by atoms with Crippen molar-refractivity contribution in [1.29, 1.82) is 0 Å². The van der Waals surface area contributed by atoms with E-state index in [-0.39, 0.29) is 11.4 Å². The van der Waals surface area contributed by atoms with Gasteiger partial charge in [0.15, 0.2) is 5.16 Å². The Labute approximate surface area is 141 Å². The van der Waals surface area contributed by atoms with Gasteiger partial charge in [-0.1, -0.05) is 42.1 Å². The second kappa shape index (κ2) is 6.40. The maximum atomic E-state index is 12.0. The minimum absolute atomic E-state index is 0.0501. The molecule has 0 atom stereocenters. The molecule has 1 aliphatic rings. The lowest BCUT2D eigenvalue weighted by Gasteiger charge is -2.20. The van der Waals surface area contributed by atoms with Gasteiger partial charge >= 0.3 is 0 Å². The number of amides is 1. The zero-order valence-electron chi connectivity index (χ0n) is 13.9. The molecule has 0 saturated heterocycles. The van der Waals surface area contributed by atoms with Gasteiger partial charge in [0, 0.05) is 11.6 Å². The van der Waals surface area contributed by atoms with Crippen molar-refractivity contribution in [3.8, 4) is 11.3 Å². The van der Waals surface area contributed by atoms with E-state index in [1.54, 1.807) is 0 Å². The van der Waals surface area contributed by atoms with E-state index in [0.29, 0.717) is 11.8 Å². The smallest absolute Gasteiger partial charge is 0.230 e. The van der Waals surface area contributed by atoms with Crippen LogP contribution in [-0.2, 0) is 4.79 Å². The molecule has 0 unspecified atom stereocenters. The number of nitrogens with one attached hydrogen (secondary N) is 1. The number of hydrogen-bond acceptors (Lipinski definition) is 3. The van der Waals surface area contributed by atoms with E-state index >= 15 is 0 Å². The van der Waals surface area contributed by atoms with Crippen LogP contribution in [0.2, 0.25) is 0 Å². The summed E-state index contributed by atoms with van der Waals surface area (Å²) >= 11 is 1.52. The molecular formula is C18H23N3OS. The van der Waals surface area contributed by atoms with Crippen LogP contribution in [-0.4, -0.2) is 26.8 Å². The number of carbonyl (C=O) groups is 1. The molecule has 1 amide bonds. The van der Waals surface area contributed by atoms with Gasteiger partial charge in [-0.05, 0) is 39.2 Å². The van der Waals surface area contributed by atoms with Crippen molar-refractivity contribution in [3.05, 3.63) is 36.5 Å². The normalized spacial score (nSPS) is 14.7. The van der Waals surface area contributed by atoms with Crippen LogP contribution in [0.1, 0.15) is 39.7 Å². The summed E-state index contributed by atoms with van der Waals surface area (Å²) in [6.07, 6.45) is 4.31. The van der Waals surface area contributed by atoms with Crippen LogP contribution < -0.4 is 5.32 Å². The van der Waals surface area contributed by atoms with Crippen molar-refractivity contribution in [2.75, 3.05) is 5.75 Å². The van der Waals surface area contributed by atoms with E-state index in [2.05, 4.69) is 27.0 Å². The molecule has 122 valence electrons. The van der Waals surface area contributed by atoms with Gasteiger partial charge in [0.2, 0.25) is 5.91 Å². The largest absolute Gasteiger partial charge is 0.351 e. The molecule has 1 aromatic carbocycles. The fourth-order valence-electron chi connectivity index (χ4n) is 2.54. The quantitative estimate of drug-likeness (QED) is 0.847. The van der Waals surface area contributed by atoms with E-state index < -0.39 is 0 Å². The third-order valence-electron chi connectivity index (χ3n) is 3.59. The summed E-state index contributed by atoms with van der Waals surface area (Å²) in [5.74, 6) is 0.448. The van der Waals surface area contributed by atoms with Crippen LogP contribution in [0.25, 0.3) is 11.3 Å². The van der Waals surface area contributed by atoms with Crippen molar-refractivity contribution in [2.24, 2.45) is 0 Å². The Morgan fingerprint density at radius 2 is 2.00 bits per heavy atom. The number of carbonyl (C=O) groups excluding carboxylic acids is 1.